The zero-order valence-electron chi connectivity index (χ0n) is 8.69. The molecule has 1 heterocycles. The lowest BCUT2D eigenvalue weighted by Gasteiger charge is -2.13. The van der Waals surface area contributed by atoms with Crippen molar-refractivity contribution in [2.75, 3.05) is 13.2 Å². The van der Waals surface area contributed by atoms with Gasteiger partial charge in [0.25, 0.3) is 0 Å². The lowest BCUT2D eigenvalue weighted by atomic mass is 10.0. The maximum atomic E-state index is 5.63. The normalized spacial score (nSPS) is 20.3. The van der Waals surface area contributed by atoms with Crippen LogP contribution in [-0.4, -0.2) is 13.2 Å². The Hall–Kier alpha value is -0.710. The van der Waals surface area contributed by atoms with Crippen molar-refractivity contribution in [1.29, 1.82) is 0 Å². The van der Waals surface area contributed by atoms with Gasteiger partial charge in [-0.05, 0) is 37.5 Å². The Balaban J connectivity index is 2.31. The van der Waals surface area contributed by atoms with E-state index in [1.54, 1.807) is 0 Å². The van der Waals surface area contributed by atoms with Gasteiger partial charge in [0.05, 0.1) is 6.61 Å². The average molecular weight is 225 g/mol. The van der Waals surface area contributed by atoms with Crippen molar-refractivity contribution in [2.45, 2.75) is 19.6 Å². The molecule has 0 fully saturated rings. The van der Waals surface area contributed by atoms with Crippen LogP contribution in [0.15, 0.2) is 18.2 Å². The van der Waals surface area contributed by atoms with E-state index in [1.807, 2.05) is 12.1 Å². The summed E-state index contributed by atoms with van der Waals surface area (Å²) < 4.78 is 10.4. The van der Waals surface area contributed by atoms with Gasteiger partial charge in [-0.25, -0.2) is 0 Å². The molecule has 3 nitrogen and oxygen atoms in total. The third kappa shape index (κ3) is 2.45. The van der Waals surface area contributed by atoms with E-state index in [9.17, 15) is 0 Å². The molecule has 0 aliphatic carbocycles. The molecule has 1 unspecified atom stereocenters. The van der Waals surface area contributed by atoms with Crippen LogP contribution >= 0.6 is 12.9 Å². The Morgan fingerprint density at radius 2 is 2.47 bits per heavy atom. The first kappa shape index (κ1) is 10.8. The summed E-state index contributed by atoms with van der Waals surface area (Å²) in [6, 6.07) is 6.44. The monoisotopic (exact) mass is 225 g/mol. The summed E-state index contributed by atoms with van der Waals surface area (Å²) in [6.07, 6.45) is 0. The SMILES string of the molecule is CC1NCCOc2ccc(COS)cc21. The van der Waals surface area contributed by atoms with Gasteiger partial charge < -0.3 is 14.2 Å². The minimum absolute atomic E-state index is 0.322. The van der Waals surface area contributed by atoms with E-state index in [0.29, 0.717) is 12.6 Å². The molecule has 1 atom stereocenters. The number of hydrogen-bond acceptors (Lipinski definition) is 4. The Morgan fingerprint density at radius 3 is 3.27 bits per heavy atom. The second-order valence-electron chi connectivity index (χ2n) is 3.67. The summed E-state index contributed by atoms with van der Waals surface area (Å²) >= 11 is 3.76. The van der Waals surface area contributed by atoms with Crippen molar-refractivity contribution in [2.24, 2.45) is 0 Å². The summed E-state index contributed by atoms with van der Waals surface area (Å²) in [5, 5.41) is 3.39. The largest absolute Gasteiger partial charge is 0.492 e. The van der Waals surface area contributed by atoms with Crippen LogP contribution in [0, 0.1) is 0 Å². The number of nitrogens with one attached hydrogen (secondary N) is 1. The molecule has 0 radical (unpaired) electrons. The van der Waals surface area contributed by atoms with E-state index in [4.69, 9.17) is 8.92 Å². The van der Waals surface area contributed by atoms with E-state index < -0.39 is 0 Å². The van der Waals surface area contributed by atoms with E-state index >= 15 is 0 Å². The van der Waals surface area contributed by atoms with Gasteiger partial charge in [0, 0.05) is 18.2 Å². The van der Waals surface area contributed by atoms with Crippen LogP contribution < -0.4 is 10.1 Å². The van der Waals surface area contributed by atoms with Gasteiger partial charge in [0.2, 0.25) is 0 Å². The summed E-state index contributed by atoms with van der Waals surface area (Å²) in [5.74, 6) is 0.968. The zero-order chi connectivity index (χ0) is 10.7. The minimum Gasteiger partial charge on any atom is -0.492 e. The van der Waals surface area contributed by atoms with Crippen molar-refractivity contribution in [1.82, 2.24) is 5.32 Å². The standard InChI is InChI=1S/C11H15NO2S/c1-8-10-6-9(7-14-15)2-3-11(10)13-5-4-12-8/h2-3,6,8,12,15H,4-5,7H2,1H3. The van der Waals surface area contributed by atoms with Gasteiger partial charge in [-0.15, -0.1) is 0 Å². The molecule has 1 aliphatic heterocycles. The van der Waals surface area contributed by atoms with Crippen molar-refractivity contribution in [3.05, 3.63) is 29.3 Å². The maximum absolute atomic E-state index is 5.63. The summed E-state index contributed by atoms with van der Waals surface area (Å²) in [6.45, 7) is 4.26. The van der Waals surface area contributed by atoms with E-state index in [1.165, 1.54) is 5.56 Å². The van der Waals surface area contributed by atoms with Gasteiger partial charge >= 0.3 is 0 Å². The zero-order valence-corrected chi connectivity index (χ0v) is 9.59. The number of benzene rings is 1. The highest BCUT2D eigenvalue weighted by atomic mass is 32.1. The number of fused-ring (bicyclic) bond motifs is 1. The first-order valence-corrected chi connectivity index (χ1v) is 5.43. The average Bonchev–Trinajstić information content (AvgIpc) is 2.42. The molecule has 1 aromatic rings. The number of rotatable bonds is 2. The number of hydrogen-bond donors (Lipinski definition) is 2. The van der Waals surface area contributed by atoms with Gasteiger partial charge in [-0.2, -0.15) is 0 Å². The fourth-order valence-electron chi connectivity index (χ4n) is 1.78. The van der Waals surface area contributed by atoms with E-state index in [2.05, 4.69) is 31.2 Å². The molecule has 0 bridgehead atoms. The molecular weight excluding hydrogens is 210 g/mol. The quantitative estimate of drug-likeness (QED) is 0.597. The van der Waals surface area contributed by atoms with Gasteiger partial charge in [-0.1, -0.05) is 6.07 Å². The Morgan fingerprint density at radius 1 is 1.60 bits per heavy atom. The third-order valence-electron chi connectivity index (χ3n) is 2.58. The van der Waals surface area contributed by atoms with Crippen LogP contribution in [0.5, 0.6) is 5.75 Å². The Bertz CT molecular complexity index is 343. The molecule has 82 valence electrons. The van der Waals surface area contributed by atoms with Crippen LogP contribution in [0.1, 0.15) is 24.1 Å². The number of ether oxygens (including phenoxy) is 1. The van der Waals surface area contributed by atoms with Crippen LogP contribution in [0.2, 0.25) is 0 Å². The van der Waals surface area contributed by atoms with Crippen LogP contribution in [0.3, 0.4) is 0 Å². The van der Waals surface area contributed by atoms with Crippen LogP contribution in [-0.2, 0) is 10.8 Å². The topological polar surface area (TPSA) is 30.5 Å². The Labute approximate surface area is 95.4 Å². The Kier molecular flexibility index (Phi) is 3.51. The smallest absolute Gasteiger partial charge is 0.124 e. The molecule has 1 N–H and O–H groups in total. The molecular formula is C11H15NO2S. The third-order valence-corrected chi connectivity index (χ3v) is 2.71. The van der Waals surface area contributed by atoms with E-state index in [-0.39, 0.29) is 0 Å². The highest BCUT2D eigenvalue weighted by Crippen LogP contribution is 2.28. The van der Waals surface area contributed by atoms with Crippen molar-refractivity contribution in [3.8, 4) is 5.75 Å². The maximum Gasteiger partial charge on any atom is 0.124 e. The van der Waals surface area contributed by atoms with Crippen molar-refractivity contribution < 1.29 is 8.92 Å². The molecule has 0 spiro atoms. The highest BCUT2D eigenvalue weighted by Gasteiger charge is 2.15. The molecule has 1 aromatic carbocycles. The van der Waals surface area contributed by atoms with Gasteiger partial charge in [0.1, 0.15) is 12.4 Å². The molecule has 0 aromatic heterocycles. The molecule has 15 heavy (non-hydrogen) atoms. The molecule has 0 amide bonds. The fourth-order valence-corrected chi connectivity index (χ4v) is 1.93. The van der Waals surface area contributed by atoms with Gasteiger partial charge in [-0.3, -0.25) is 0 Å². The second kappa shape index (κ2) is 4.88. The molecule has 0 saturated heterocycles. The number of thiol groups is 1. The molecule has 0 saturated carbocycles. The molecule has 2 rings (SSSR count). The minimum atomic E-state index is 0.322. The fraction of sp³-hybridized carbons (Fsp3) is 0.455. The van der Waals surface area contributed by atoms with Crippen LogP contribution in [0.4, 0.5) is 0 Å². The summed E-state index contributed by atoms with van der Waals surface area (Å²) in [4.78, 5) is 0. The lowest BCUT2D eigenvalue weighted by Crippen LogP contribution is -2.20. The first-order valence-electron chi connectivity index (χ1n) is 5.06. The van der Waals surface area contributed by atoms with Gasteiger partial charge in [0.15, 0.2) is 0 Å². The summed E-state index contributed by atoms with van der Waals surface area (Å²) in [7, 11) is 0. The van der Waals surface area contributed by atoms with Crippen molar-refractivity contribution >= 4 is 12.9 Å². The van der Waals surface area contributed by atoms with E-state index in [0.717, 1.165) is 24.5 Å². The molecule has 4 heteroatoms. The second-order valence-corrected chi connectivity index (χ2v) is 3.93. The molecule has 1 aliphatic rings. The summed E-state index contributed by atoms with van der Waals surface area (Å²) in [5.41, 5.74) is 2.30. The predicted octanol–water partition coefficient (Wildman–Crippen LogP) is 2.09. The lowest BCUT2D eigenvalue weighted by molar-refractivity contribution is 0.324. The van der Waals surface area contributed by atoms with Crippen LogP contribution in [0.25, 0.3) is 0 Å². The predicted molar refractivity (Wildman–Crippen MR) is 62.1 cm³/mol. The first-order chi connectivity index (χ1) is 7.31. The van der Waals surface area contributed by atoms with Crippen molar-refractivity contribution in [3.63, 3.8) is 0 Å². The highest BCUT2D eigenvalue weighted by molar-refractivity contribution is 7.75.